The lowest BCUT2D eigenvalue weighted by molar-refractivity contribution is -0.136. The lowest BCUT2D eigenvalue weighted by Gasteiger charge is -1.98. The summed E-state index contributed by atoms with van der Waals surface area (Å²) < 4.78 is 0. The lowest BCUT2D eigenvalue weighted by Crippen LogP contribution is -1.91. The molecular weight excluding hydrogens is 224 g/mol. The summed E-state index contributed by atoms with van der Waals surface area (Å²) in [5.74, 6) is -0.711. The molecule has 2 heteroatoms. The van der Waals surface area contributed by atoms with Gasteiger partial charge in [0.1, 0.15) is 0 Å². The largest absolute Gasteiger partial charge is 0.481 e. The van der Waals surface area contributed by atoms with E-state index in [1.807, 2.05) is 6.08 Å². The number of hydrogen-bond acceptors (Lipinski definition) is 1. The minimum absolute atomic E-state index is 0.252. The molecule has 104 valence electrons. The van der Waals surface area contributed by atoms with E-state index < -0.39 is 5.97 Å². The molecule has 2 nitrogen and oxygen atoms in total. The third kappa shape index (κ3) is 14.9. The summed E-state index contributed by atoms with van der Waals surface area (Å²) in [6.45, 7) is 2.17. The Bertz CT molecular complexity index is 241. The van der Waals surface area contributed by atoms with E-state index in [0.717, 1.165) is 12.8 Å². The van der Waals surface area contributed by atoms with Crippen molar-refractivity contribution in [2.75, 3.05) is 0 Å². The Kier molecular flexibility index (Phi) is 13.2. The maximum Gasteiger partial charge on any atom is 0.303 e. The van der Waals surface area contributed by atoms with Gasteiger partial charge in [-0.2, -0.15) is 0 Å². The van der Waals surface area contributed by atoms with Crippen LogP contribution in [0.25, 0.3) is 0 Å². The zero-order chi connectivity index (χ0) is 13.5. The number of aliphatic carboxylic acids is 1. The van der Waals surface area contributed by atoms with Crippen LogP contribution in [0.4, 0.5) is 0 Å². The van der Waals surface area contributed by atoms with Crippen LogP contribution in [0.15, 0.2) is 24.3 Å². The van der Waals surface area contributed by atoms with Crippen LogP contribution in [0.3, 0.4) is 0 Å². The number of rotatable bonds is 12. The van der Waals surface area contributed by atoms with E-state index in [0.29, 0.717) is 6.42 Å². The average Bonchev–Trinajstić information content (AvgIpc) is 2.34. The maximum absolute atomic E-state index is 10.3. The molecule has 0 radical (unpaired) electrons. The van der Waals surface area contributed by atoms with Crippen molar-refractivity contribution >= 4 is 5.97 Å². The first kappa shape index (κ1) is 16.9. The highest BCUT2D eigenvalue weighted by Crippen LogP contribution is 2.08. The number of carbonyl (C=O) groups is 1. The van der Waals surface area contributed by atoms with Crippen molar-refractivity contribution in [3.05, 3.63) is 24.3 Å². The van der Waals surface area contributed by atoms with Gasteiger partial charge in [-0.1, -0.05) is 50.5 Å². The molecule has 0 spiro atoms. The molecule has 0 aliphatic carbocycles. The van der Waals surface area contributed by atoms with E-state index >= 15 is 0 Å². The van der Waals surface area contributed by atoms with Crippen LogP contribution in [0.5, 0.6) is 0 Å². The summed E-state index contributed by atoms with van der Waals surface area (Å²) in [4.78, 5) is 10.3. The number of hydrogen-bond donors (Lipinski definition) is 1. The number of unbranched alkanes of at least 4 members (excludes halogenated alkanes) is 6. The summed E-state index contributed by atoms with van der Waals surface area (Å²) in [6.07, 6.45) is 19.5. The van der Waals surface area contributed by atoms with Gasteiger partial charge in [0.2, 0.25) is 0 Å². The zero-order valence-electron chi connectivity index (χ0n) is 11.7. The van der Waals surface area contributed by atoms with Crippen LogP contribution in [-0.2, 0) is 4.79 Å². The second kappa shape index (κ2) is 14.0. The fourth-order valence-electron chi connectivity index (χ4n) is 1.78. The zero-order valence-corrected chi connectivity index (χ0v) is 11.7. The Morgan fingerprint density at radius 2 is 1.33 bits per heavy atom. The van der Waals surface area contributed by atoms with Crippen LogP contribution in [0.2, 0.25) is 0 Å². The Labute approximate surface area is 112 Å². The molecule has 0 unspecified atom stereocenters. The van der Waals surface area contributed by atoms with E-state index in [9.17, 15) is 4.79 Å². The van der Waals surface area contributed by atoms with Crippen LogP contribution in [0, 0.1) is 0 Å². The van der Waals surface area contributed by atoms with Crippen LogP contribution >= 0.6 is 0 Å². The summed E-state index contributed by atoms with van der Waals surface area (Å²) in [7, 11) is 0. The van der Waals surface area contributed by atoms with Gasteiger partial charge in [0, 0.05) is 6.42 Å². The minimum Gasteiger partial charge on any atom is -0.481 e. The van der Waals surface area contributed by atoms with Crippen molar-refractivity contribution in [2.45, 2.75) is 71.1 Å². The third-order valence-corrected chi connectivity index (χ3v) is 2.84. The van der Waals surface area contributed by atoms with E-state index in [1.165, 1.54) is 38.5 Å². The maximum atomic E-state index is 10.3. The van der Waals surface area contributed by atoms with Crippen molar-refractivity contribution in [3.8, 4) is 0 Å². The third-order valence-electron chi connectivity index (χ3n) is 2.84. The Balaban J connectivity index is 3.11. The molecule has 0 aromatic heterocycles. The van der Waals surface area contributed by atoms with Gasteiger partial charge in [-0.3, -0.25) is 4.79 Å². The van der Waals surface area contributed by atoms with E-state index in [4.69, 9.17) is 5.11 Å². The molecule has 0 atom stereocenters. The highest BCUT2D eigenvalue weighted by molar-refractivity contribution is 5.66. The van der Waals surface area contributed by atoms with Gasteiger partial charge in [-0.05, 0) is 38.5 Å². The van der Waals surface area contributed by atoms with Crippen molar-refractivity contribution in [3.63, 3.8) is 0 Å². The van der Waals surface area contributed by atoms with Gasteiger partial charge < -0.3 is 5.11 Å². The molecular formula is C16H28O2. The van der Waals surface area contributed by atoms with Crippen LogP contribution in [-0.4, -0.2) is 11.1 Å². The van der Waals surface area contributed by atoms with Crippen molar-refractivity contribution in [1.29, 1.82) is 0 Å². The lowest BCUT2D eigenvalue weighted by atomic mass is 10.1. The van der Waals surface area contributed by atoms with Crippen LogP contribution in [0.1, 0.15) is 71.1 Å². The molecule has 0 bridgehead atoms. The highest BCUT2D eigenvalue weighted by Gasteiger charge is 1.92. The normalized spacial score (nSPS) is 11.6. The first-order valence-electron chi connectivity index (χ1n) is 7.29. The van der Waals surface area contributed by atoms with Gasteiger partial charge in [-0.25, -0.2) is 0 Å². The van der Waals surface area contributed by atoms with E-state index in [2.05, 4.69) is 25.2 Å². The topological polar surface area (TPSA) is 37.3 Å². The molecule has 0 heterocycles. The summed E-state index contributed by atoms with van der Waals surface area (Å²) >= 11 is 0. The smallest absolute Gasteiger partial charge is 0.303 e. The number of carboxylic acids is 1. The molecule has 0 aliphatic rings. The SMILES string of the molecule is CC/C=C/CCCCCCC/C=C/CCC(=O)O. The summed E-state index contributed by atoms with van der Waals surface area (Å²) in [5, 5.41) is 8.45. The summed E-state index contributed by atoms with van der Waals surface area (Å²) in [5.41, 5.74) is 0. The predicted octanol–water partition coefficient (Wildman–Crippen LogP) is 5.10. The molecule has 0 aromatic rings. The molecule has 0 aromatic carbocycles. The number of allylic oxidation sites excluding steroid dienone is 4. The first-order valence-corrected chi connectivity index (χ1v) is 7.29. The van der Waals surface area contributed by atoms with Gasteiger partial charge in [0.25, 0.3) is 0 Å². The Hall–Kier alpha value is -1.05. The van der Waals surface area contributed by atoms with Gasteiger partial charge in [-0.15, -0.1) is 0 Å². The van der Waals surface area contributed by atoms with Crippen molar-refractivity contribution in [2.24, 2.45) is 0 Å². The highest BCUT2D eigenvalue weighted by atomic mass is 16.4. The molecule has 0 amide bonds. The molecule has 0 saturated heterocycles. The molecule has 1 N–H and O–H groups in total. The molecule has 18 heavy (non-hydrogen) atoms. The summed E-state index contributed by atoms with van der Waals surface area (Å²) in [6, 6.07) is 0. The second-order valence-corrected chi connectivity index (χ2v) is 4.63. The first-order chi connectivity index (χ1) is 8.77. The second-order valence-electron chi connectivity index (χ2n) is 4.63. The fourth-order valence-corrected chi connectivity index (χ4v) is 1.78. The Morgan fingerprint density at radius 1 is 0.833 bits per heavy atom. The monoisotopic (exact) mass is 252 g/mol. The average molecular weight is 252 g/mol. The quantitative estimate of drug-likeness (QED) is 0.387. The number of carboxylic acid groups (broad SMARTS) is 1. The van der Waals surface area contributed by atoms with Gasteiger partial charge in [0.15, 0.2) is 0 Å². The van der Waals surface area contributed by atoms with E-state index in [1.54, 1.807) is 0 Å². The molecule has 0 saturated carbocycles. The predicted molar refractivity (Wildman–Crippen MR) is 77.8 cm³/mol. The fraction of sp³-hybridized carbons (Fsp3) is 0.688. The van der Waals surface area contributed by atoms with Crippen molar-refractivity contribution < 1.29 is 9.90 Å². The molecule has 0 fully saturated rings. The van der Waals surface area contributed by atoms with Crippen LogP contribution < -0.4 is 0 Å². The standard InChI is InChI=1S/C16H28O2/c1-2-3-4-5-6-7-8-9-10-11-12-13-14-15-16(17)18/h3-4,12-13H,2,5-11,14-15H2,1H3,(H,17,18)/b4-3+,13-12+. The molecule has 0 aliphatic heterocycles. The van der Waals surface area contributed by atoms with Gasteiger partial charge in [0.05, 0.1) is 0 Å². The Morgan fingerprint density at radius 3 is 1.89 bits per heavy atom. The minimum atomic E-state index is -0.711. The van der Waals surface area contributed by atoms with Crippen molar-refractivity contribution in [1.82, 2.24) is 0 Å². The van der Waals surface area contributed by atoms with E-state index in [-0.39, 0.29) is 6.42 Å². The molecule has 0 rings (SSSR count). The van der Waals surface area contributed by atoms with Gasteiger partial charge >= 0.3 is 5.97 Å².